The van der Waals surface area contributed by atoms with Crippen molar-refractivity contribution in [1.29, 1.82) is 0 Å². The maximum absolute atomic E-state index is 13.0. The third-order valence-electron chi connectivity index (χ3n) is 2.14. The van der Waals surface area contributed by atoms with Crippen LogP contribution in [0.2, 0.25) is 0 Å². The van der Waals surface area contributed by atoms with Gasteiger partial charge >= 0.3 is 0 Å². The molecular weight excluding hydrogens is 194 g/mol. The summed E-state index contributed by atoms with van der Waals surface area (Å²) in [7, 11) is 0. The highest BCUT2D eigenvalue weighted by atomic mass is 19.1. The zero-order valence-electron chi connectivity index (χ0n) is 8.22. The highest BCUT2D eigenvalue weighted by molar-refractivity contribution is 5.64. The summed E-state index contributed by atoms with van der Waals surface area (Å²) in [5, 5.41) is 0. The normalized spacial score (nSPS) is 10.3. The summed E-state index contributed by atoms with van der Waals surface area (Å²) in [6.07, 6.45) is 0. The van der Waals surface area contributed by atoms with Gasteiger partial charge in [-0.3, -0.25) is 0 Å². The molecule has 0 aliphatic carbocycles. The third-order valence-corrected chi connectivity index (χ3v) is 2.14. The quantitative estimate of drug-likeness (QED) is 0.662. The first kappa shape index (κ1) is 9.84. The molecule has 2 rings (SSSR count). The van der Waals surface area contributed by atoms with Crippen LogP contribution in [-0.4, -0.2) is 0 Å². The number of aryl methyl sites for hydroxylation is 1. The van der Waals surface area contributed by atoms with Crippen LogP contribution < -0.4 is 0 Å². The summed E-state index contributed by atoms with van der Waals surface area (Å²) in [5.41, 5.74) is 2.28. The Hall–Kier alpha value is -1.70. The fourth-order valence-electron chi connectivity index (χ4n) is 1.49. The average molecular weight is 203 g/mol. The minimum atomic E-state index is -0.560. The maximum atomic E-state index is 13.0. The van der Waals surface area contributed by atoms with Crippen molar-refractivity contribution >= 4 is 0 Å². The van der Waals surface area contributed by atoms with Gasteiger partial charge < -0.3 is 0 Å². The van der Waals surface area contributed by atoms with Crippen LogP contribution in [0.3, 0.4) is 0 Å². The van der Waals surface area contributed by atoms with E-state index in [1.165, 1.54) is 12.1 Å². The van der Waals surface area contributed by atoms with E-state index in [0.29, 0.717) is 5.56 Å². The van der Waals surface area contributed by atoms with Gasteiger partial charge in [-0.1, -0.05) is 18.2 Å². The molecular formula is C13H9F2. The van der Waals surface area contributed by atoms with Gasteiger partial charge in [-0.15, -0.1) is 0 Å². The fraction of sp³-hybridized carbons (Fsp3) is 0.0769. The lowest BCUT2D eigenvalue weighted by Gasteiger charge is -2.03. The monoisotopic (exact) mass is 203 g/mol. The van der Waals surface area contributed by atoms with Crippen LogP contribution in [0.15, 0.2) is 36.4 Å². The van der Waals surface area contributed by atoms with Gasteiger partial charge in [-0.05, 0) is 41.8 Å². The zero-order chi connectivity index (χ0) is 10.8. The van der Waals surface area contributed by atoms with E-state index in [-0.39, 0.29) is 0 Å². The number of hydrogen-bond donors (Lipinski definition) is 0. The van der Waals surface area contributed by atoms with Gasteiger partial charge in [0.05, 0.1) is 0 Å². The van der Waals surface area contributed by atoms with Crippen molar-refractivity contribution < 1.29 is 8.78 Å². The van der Waals surface area contributed by atoms with Gasteiger partial charge in [0.1, 0.15) is 11.6 Å². The summed E-state index contributed by atoms with van der Waals surface area (Å²) in [6, 6.07) is 11.8. The van der Waals surface area contributed by atoms with Gasteiger partial charge in [0.2, 0.25) is 0 Å². The Balaban J connectivity index is 2.54. The Bertz CT molecular complexity index is 469. The number of hydrogen-bond acceptors (Lipinski definition) is 0. The molecule has 0 saturated heterocycles. The third kappa shape index (κ3) is 2.21. The molecule has 0 amide bonds. The minimum absolute atomic E-state index is 0.546. The van der Waals surface area contributed by atoms with Crippen molar-refractivity contribution in [3.8, 4) is 11.1 Å². The second kappa shape index (κ2) is 3.81. The molecule has 0 fully saturated rings. The second-order valence-electron chi connectivity index (χ2n) is 3.42. The van der Waals surface area contributed by atoms with Gasteiger partial charge in [-0.25, -0.2) is 8.78 Å². The summed E-state index contributed by atoms with van der Waals surface area (Å²) >= 11 is 0. The van der Waals surface area contributed by atoms with Crippen LogP contribution in [-0.2, 0) is 0 Å². The first-order valence-electron chi connectivity index (χ1n) is 4.60. The molecule has 2 aromatic rings. The Morgan fingerprint density at radius 2 is 1.60 bits per heavy atom. The van der Waals surface area contributed by atoms with Gasteiger partial charge in [0.15, 0.2) is 0 Å². The SMILES string of the molecule is Cc1[c]ccc(-c2cc(F)cc(F)c2)c1. The van der Waals surface area contributed by atoms with Gasteiger partial charge in [0.25, 0.3) is 0 Å². The largest absolute Gasteiger partial charge is 0.207 e. The van der Waals surface area contributed by atoms with E-state index >= 15 is 0 Å². The smallest absolute Gasteiger partial charge is 0.126 e. The average Bonchev–Trinajstić information content (AvgIpc) is 2.16. The molecule has 0 spiro atoms. The Morgan fingerprint density at radius 3 is 2.20 bits per heavy atom. The van der Waals surface area contributed by atoms with Crippen molar-refractivity contribution in [3.63, 3.8) is 0 Å². The molecule has 0 atom stereocenters. The molecule has 0 aromatic heterocycles. The molecule has 1 radical (unpaired) electrons. The number of halogens is 2. The van der Waals surface area contributed by atoms with E-state index in [0.717, 1.165) is 17.2 Å². The highest BCUT2D eigenvalue weighted by Gasteiger charge is 2.02. The molecule has 0 saturated carbocycles. The van der Waals surface area contributed by atoms with Crippen molar-refractivity contribution in [1.82, 2.24) is 0 Å². The Labute approximate surface area is 87.2 Å². The van der Waals surface area contributed by atoms with Gasteiger partial charge in [-0.2, -0.15) is 0 Å². The molecule has 0 bridgehead atoms. The Morgan fingerprint density at radius 1 is 0.933 bits per heavy atom. The van der Waals surface area contributed by atoms with Crippen LogP contribution in [0.5, 0.6) is 0 Å². The summed E-state index contributed by atoms with van der Waals surface area (Å²) in [5.74, 6) is -1.12. The minimum Gasteiger partial charge on any atom is -0.207 e. The topological polar surface area (TPSA) is 0 Å². The lowest BCUT2D eigenvalue weighted by molar-refractivity contribution is 0.584. The molecule has 0 aliphatic heterocycles. The molecule has 15 heavy (non-hydrogen) atoms. The molecule has 75 valence electrons. The molecule has 0 N–H and O–H groups in total. The number of rotatable bonds is 1. The first-order valence-corrected chi connectivity index (χ1v) is 4.60. The zero-order valence-corrected chi connectivity index (χ0v) is 8.22. The van der Waals surface area contributed by atoms with Crippen LogP contribution in [0.4, 0.5) is 8.78 Å². The lowest BCUT2D eigenvalue weighted by Crippen LogP contribution is -1.84. The summed E-state index contributed by atoms with van der Waals surface area (Å²) in [4.78, 5) is 0. The van der Waals surface area contributed by atoms with E-state index in [4.69, 9.17) is 0 Å². The van der Waals surface area contributed by atoms with Crippen molar-refractivity contribution in [3.05, 3.63) is 59.7 Å². The number of benzene rings is 2. The van der Waals surface area contributed by atoms with E-state index < -0.39 is 11.6 Å². The fourth-order valence-corrected chi connectivity index (χ4v) is 1.49. The lowest BCUT2D eigenvalue weighted by atomic mass is 10.0. The highest BCUT2D eigenvalue weighted by Crippen LogP contribution is 2.22. The van der Waals surface area contributed by atoms with Crippen LogP contribution >= 0.6 is 0 Å². The van der Waals surface area contributed by atoms with E-state index in [1.54, 1.807) is 12.1 Å². The van der Waals surface area contributed by atoms with Crippen molar-refractivity contribution in [2.45, 2.75) is 6.92 Å². The van der Waals surface area contributed by atoms with Crippen molar-refractivity contribution in [2.24, 2.45) is 0 Å². The van der Waals surface area contributed by atoms with Gasteiger partial charge in [0, 0.05) is 6.07 Å². The standard InChI is InChI=1S/C13H9F2/c1-9-3-2-4-10(5-9)11-6-12(14)8-13(15)7-11/h2,4-8H,1H3. The molecule has 2 aromatic carbocycles. The molecule has 0 heterocycles. The van der Waals surface area contributed by atoms with Crippen LogP contribution in [0, 0.1) is 24.6 Å². The van der Waals surface area contributed by atoms with E-state index in [1.807, 2.05) is 13.0 Å². The van der Waals surface area contributed by atoms with Crippen LogP contribution in [0.1, 0.15) is 5.56 Å². The predicted octanol–water partition coefficient (Wildman–Crippen LogP) is 3.74. The second-order valence-corrected chi connectivity index (χ2v) is 3.42. The molecule has 0 unspecified atom stereocenters. The van der Waals surface area contributed by atoms with E-state index in [9.17, 15) is 8.78 Å². The maximum Gasteiger partial charge on any atom is 0.126 e. The molecule has 2 heteroatoms. The summed E-state index contributed by atoms with van der Waals surface area (Å²) in [6.45, 7) is 1.89. The molecule has 0 nitrogen and oxygen atoms in total. The predicted molar refractivity (Wildman–Crippen MR) is 55.4 cm³/mol. The van der Waals surface area contributed by atoms with E-state index in [2.05, 4.69) is 6.07 Å². The van der Waals surface area contributed by atoms with Crippen LogP contribution in [0.25, 0.3) is 11.1 Å². The van der Waals surface area contributed by atoms with Crippen molar-refractivity contribution in [2.75, 3.05) is 0 Å². The molecule has 0 aliphatic rings. The first-order chi connectivity index (χ1) is 7.15. The Kier molecular flexibility index (Phi) is 2.50. The summed E-state index contributed by atoms with van der Waals surface area (Å²) < 4.78 is 25.9.